The number of rotatable bonds is 3. The molecule has 1 saturated heterocycles. The smallest absolute Gasteiger partial charge is 0.0940 e. The first-order valence-corrected chi connectivity index (χ1v) is 7.10. The van der Waals surface area contributed by atoms with Crippen LogP contribution in [0.3, 0.4) is 0 Å². The van der Waals surface area contributed by atoms with Gasteiger partial charge in [-0.05, 0) is 37.6 Å². The second-order valence-electron chi connectivity index (χ2n) is 5.59. The number of aliphatic hydroxyl groups is 1. The van der Waals surface area contributed by atoms with Gasteiger partial charge in [-0.2, -0.15) is 0 Å². The van der Waals surface area contributed by atoms with Gasteiger partial charge in [0.2, 0.25) is 0 Å². The molecule has 1 aromatic carbocycles. The summed E-state index contributed by atoms with van der Waals surface area (Å²) in [6, 6.07) is 5.49. The molecule has 19 heavy (non-hydrogen) atoms. The SMILES string of the molecule is CC1(C)CN(Cc2cc(Cl)ccc2Cl)CC(CO)O1. The minimum atomic E-state index is -0.267. The Labute approximate surface area is 124 Å². The predicted octanol–water partition coefficient (Wildman–Crippen LogP) is 2.97. The summed E-state index contributed by atoms with van der Waals surface area (Å²) in [5.41, 5.74) is 0.736. The Bertz CT molecular complexity index is 451. The minimum absolute atomic E-state index is 0.0310. The van der Waals surface area contributed by atoms with Crippen LogP contribution in [0.2, 0.25) is 10.0 Å². The molecule has 0 aliphatic carbocycles. The lowest BCUT2D eigenvalue weighted by Gasteiger charge is -2.42. The normalized spacial score (nSPS) is 23.5. The van der Waals surface area contributed by atoms with Crippen molar-refractivity contribution in [3.05, 3.63) is 33.8 Å². The van der Waals surface area contributed by atoms with Crippen LogP contribution in [0.1, 0.15) is 19.4 Å². The van der Waals surface area contributed by atoms with Crippen LogP contribution in [0.4, 0.5) is 0 Å². The van der Waals surface area contributed by atoms with Crippen molar-refractivity contribution in [1.82, 2.24) is 4.90 Å². The van der Waals surface area contributed by atoms with E-state index in [0.717, 1.165) is 12.1 Å². The monoisotopic (exact) mass is 303 g/mol. The maximum atomic E-state index is 9.31. The fourth-order valence-corrected chi connectivity index (χ4v) is 2.91. The summed E-state index contributed by atoms with van der Waals surface area (Å²) in [6.07, 6.45) is -0.151. The molecule has 0 saturated carbocycles. The van der Waals surface area contributed by atoms with Crippen LogP contribution in [-0.4, -0.2) is 41.4 Å². The van der Waals surface area contributed by atoms with Gasteiger partial charge < -0.3 is 9.84 Å². The highest BCUT2D eigenvalue weighted by atomic mass is 35.5. The lowest BCUT2D eigenvalue weighted by atomic mass is 10.0. The Morgan fingerprint density at radius 2 is 2.16 bits per heavy atom. The van der Waals surface area contributed by atoms with Crippen molar-refractivity contribution >= 4 is 23.2 Å². The number of hydrogen-bond acceptors (Lipinski definition) is 3. The number of halogens is 2. The molecule has 1 heterocycles. The Morgan fingerprint density at radius 1 is 1.42 bits per heavy atom. The molecule has 0 amide bonds. The molecule has 106 valence electrons. The van der Waals surface area contributed by atoms with Crippen molar-refractivity contribution in [2.45, 2.75) is 32.1 Å². The molecule has 0 aromatic heterocycles. The van der Waals surface area contributed by atoms with Crippen molar-refractivity contribution in [3.8, 4) is 0 Å². The molecular formula is C14H19Cl2NO2. The van der Waals surface area contributed by atoms with E-state index in [-0.39, 0.29) is 18.3 Å². The lowest BCUT2D eigenvalue weighted by molar-refractivity contribution is -0.150. The highest BCUT2D eigenvalue weighted by Gasteiger charge is 2.33. The molecule has 0 spiro atoms. The van der Waals surface area contributed by atoms with E-state index in [1.807, 2.05) is 26.0 Å². The third kappa shape index (κ3) is 4.07. The maximum Gasteiger partial charge on any atom is 0.0940 e. The van der Waals surface area contributed by atoms with E-state index in [2.05, 4.69) is 4.90 Å². The molecule has 0 bridgehead atoms. The topological polar surface area (TPSA) is 32.7 Å². The standard InChI is InChI=1S/C14H19Cl2NO2/c1-14(2)9-17(7-12(8-18)19-14)6-10-5-11(15)3-4-13(10)16/h3-5,12,18H,6-9H2,1-2H3. The third-order valence-corrected chi connectivity index (χ3v) is 3.76. The number of hydrogen-bond donors (Lipinski definition) is 1. The van der Waals surface area contributed by atoms with E-state index in [4.69, 9.17) is 27.9 Å². The van der Waals surface area contributed by atoms with E-state index in [1.165, 1.54) is 0 Å². The van der Waals surface area contributed by atoms with E-state index in [9.17, 15) is 5.11 Å². The molecule has 0 radical (unpaired) electrons. The van der Waals surface area contributed by atoms with Crippen molar-refractivity contribution in [1.29, 1.82) is 0 Å². The molecule has 1 fully saturated rings. The Morgan fingerprint density at radius 3 is 2.84 bits per heavy atom. The molecule has 1 aliphatic heterocycles. The zero-order valence-electron chi connectivity index (χ0n) is 11.2. The lowest BCUT2D eigenvalue weighted by Crippen LogP contribution is -2.53. The van der Waals surface area contributed by atoms with Crippen molar-refractivity contribution in [2.24, 2.45) is 0 Å². The van der Waals surface area contributed by atoms with Crippen LogP contribution in [0.15, 0.2) is 18.2 Å². The molecule has 1 atom stereocenters. The second-order valence-corrected chi connectivity index (χ2v) is 6.43. The largest absolute Gasteiger partial charge is 0.394 e. The van der Waals surface area contributed by atoms with E-state index in [0.29, 0.717) is 23.1 Å². The van der Waals surface area contributed by atoms with Crippen LogP contribution in [0.25, 0.3) is 0 Å². The molecule has 1 N–H and O–H groups in total. The van der Waals surface area contributed by atoms with Crippen LogP contribution in [0, 0.1) is 0 Å². The van der Waals surface area contributed by atoms with Crippen molar-refractivity contribution in [3.63, 3.8) is 0 Å². The number of benzene rings is 1. The van der Waals surface area contributed by atoms with Gasteiger partial charge >= 0.3 is 0 Å². The summed E-state index contributed by atoms with van der Waals surface area (Å²) in [5.74, 6) is 0. The van der Waals surface area contributed by atoms with Gasteiger partial charge in [0.1, 0.15) is 0 Å². The zero-order valence-corrected chi connectivity index (χ0v) is 12.7. The van der Waals surface area contributed by atoms with Gasteiger partial charge in [-0.25, -0.2) is 0 Å². The van der Waals surface area contributed by atoms with Gasteiger partial charge in [0.05, 0.1) is 18.3 Å². The van der Waals surface area contributed by atoms with Crippen molar-refractivity contribution in [2.75, 3.05) is 19.7 Å². The zero-order chi connectivity index (χ0) is 14.0. The number of ether oxygens (including phenoxy) is 1. The maximum absolute atomic E-state index is 9.31. The first kappa shape index (κ1) is 15.1. The quantitative estimate of drug-likeness (QED) is 0.932. The molecule has 3 nitrogen and oxygen atoms in total. The fraction of sp³-hybridized carbons (Fsp3) is 0.571. The highest BCUT2D eigenvalue weighted by Crippen LogP contribution is 2.26. The second kappa shape index (κ2) is 5.98. The van der Waals surface area contributed by atoms with Crippen LogP contribution < -0.4 is 0 Å². The Balaban J connectivity index is 2.11. The summed E-state index contributed by atoms with van der Waals surface area (Å²) in [5, 5.41) is 10.7. The summed E-state index contributed by atoms with van der Waals surface area (Å²) in [4.78, 5) is 2.24. The first-order valence-electron chi connectivity index (χ1n) is 6.34. The van der Waals surface area contributed by atoms with Gasteiger partial charge in [0.15, 0.2) is 0 Å². The Hall–Kier alpha value is -0.320. The average molecular weight is 304 g/mol. The summed E-state index contributed by atoms with van der Waals surface area (Å²) >= 11 is 12.2. The van der Waals surface area contributed by atoms with E-state index >= 15 is 0 Å². The highest BCUT2D eigenvalue weighted by molar-refractivity contribution is 6.33. The fourth-order valence-electron chi connectivity index (χ4n) is 2.54. The summed E-state index contributed by atoms with van der Waals surface area (Å²) in [6.45, 7) is 6.30. The predicted molar refractivity (Wildman–Crippen MR) is 77.8 cm³/mol. The van der Waals surface area contributed by atoms with Crippen LogP contribution in [-0.2, 0) is 11.3 Å². The van der Waals surface area contributed by atoms with E-state index in [1.54, 1.807) is 6.07 Å². The minimum Gasteiger partial charge on any atom is -0.394 e. The number of nitrogens with zero attached hydrogens (tertiary/aromatic N) is 1. The molecule has 1 aromatic rings. The van der Waals surface area contributed by atoms with E-state index < -0.39 is 0 Å². The number of aliphatic hydroxyl groups excluding tert-OH is 1. The van der Waals surface area contributed by atoms with Gasteiger partial charge in [-0.15, -0.1) is 0 Å². The van der Waals surface area contributed by atoms with Crippen molar-refractivity contribution < 1.29 is 9.84 Å². The molecule has 5 heteroatoms. The molecule has 1 aliphatic rings. The van der Waals surface area contributed by atoms with Crippen LogP contribution >= 0.6 is 23.2 Å². The molecule has 1 unspecified atom stereocenters. The van der Waals surface area contributed by atoms with Gasteiger partial charge in [0, 0.05) is 29.7 Å². The number of morpholine rings is 1. The average Bonchev–Trinajstić information content (AvgIpc) is 2.32. The van der Waals surface area contributed by atoms with Gasteiger partial charge in [0.25, 0.3) is 0 Å². The summed E-state index contributed by atoms with van der Waals surface area (Å²) in [7, 11) is 0. The van der Waals surface area contributed by atoms with Gasteiger partial charge in [-0.1, -0.05) is 23.2 Å². The molecule has 2 rings (SSSR count). The first-order chi connectivity index (χ1) is 8.89. The van der Waals surface area contributed by atoms with Crippen LogP contribution in [0.5, 0.6) is 0 Å². The third-order valence-electron chi connectivity index (χ3n) is 3.16. The van der Waals surface area contributed by atoms with Gasteiger partial charge in [-0.3, -0.25) is 4.90 Å². The Kier molecular flexibility index (Phi) is 4.75. The summed E-state index contributed by atoms with van der Waals surface area (Å²) < 4.78 is 5.79. The molecular weight excluding hydrogens is 285 g/mol.